The van der Waals surface area contributed by atoms with Gasteiger partial charge in [0.1, 0.15) is 0 Å². The number of likely N-dealkylation sites (N-methyl/N-ethyl adjacent to an activating group) is 1. The molecule has 0 N–H and O–H groups in total. The Morgan fingerprint density at radius 1 is 1.57 bits per heavy atom. The molecule has 0 aromatic carbocycles. The van der Waals surface area contributed by atoms with Crippen molar-refractivity contribution in [2.45, 2.75) is 0 Å². The Kier molecular flexibility index (Phi) is 4.50. The highest BCUT2D eigenvalue weighted by atomic mass is 35.5. The molecule has 2 nitrogen and oxygen atoms in total. The highest BCUT2D eigenvalue weighted by Crippen LogP contribution is 1.79. The van der Waals surface area contributed by atoms with Crippen LogP contribution in [0, 0.1) is 0 Å². The molecule has 0 saturated carbocycles. The van der Waals surface area contributed by atoms with Crippen molar-refractivity contribution in [1.82, 2.24) is 4.90 Å². The van der Waals surface area contributed by atoms with E-state index in [0.29, 0.717) is 6.61 Å². The average Bonchev–Trinajstić information content (AvgIpc) is 1.61. The zero-order chi connectivity index (χ0) is 5.70. The lowest BCUT2D eigenvalue weighted by atomic mass is 10.6. The summed E-state index contributed by atoms with van der Waals surface area (Å²) in [6.07, 6.45) is 0. The lowest BCUT2D eigenvalue weighted by Gasteiger charge is -2.04. The second-order valence-corrected chi connectivity index (χ2v) is 1.83. The van der Waals surface area contributed by atoms with Gasteiger partial charge in [-0.25, -0.2) is 0 Å². The van der Waals surface area contributed by atoms with Crippen LogP contribution in [0.3, 0.4) is 0 Å². The van der Waals surface area contributed by atoms with Gasteiger partial charge in [-0.05, 0) is 14.1 Å². The minimum Gasteiger partial charge on any atom is -0.307 e. The monoisotopic (exact) mass is 123 g/mol. The SMILES string of the molecule is CN(C)CCOCl. The molecule has 0 radical (unpaired) electrons. The summed E-state index contributed by atoms with van der Waals surface area (Å²) in [4.78, 5) is 2.00. The number of rotatable bonds is 3. The van der Waals surface area contributed by atoms with Crippen molar-refractivity contribution < 1.29 is 4.29 Å². The van der Waals surface area contributed by atoms with E-state index in [1.54, 1.807) is 0 Å². The maximum absolute atomic E-state index is 4.92. The van der Waals surface area contributed by atoms with Gasteiger partial charge in [-0.15, -0.1) is 0 Å². The molecule has 0 aliphatic carbocycles. The van der Waals surface area contributed by atoms with E-state index in [1.807, 2.05) is 19.0 Å². The second kappa shape index (κ2) is 4.37. The third-order valence-electron chi connectivity index (χ3n) is 0.616. The largest absolute Gasteiger partial charge is 0.307 e. The molecule has 0 saturated heterocycles. The zero-order valence-corrected chi connectivity index (χ0v) is 5.40. The predicted octanol–water partition coefficient (Wildman–Crippen LogP) is 0.718. The third-order valence-corrected chi connectivity index (χ3v) is 0.770. The Morgan fingerprint density at radius 3 is 2.29 bits per heavy atom. The van der Waals surface area contributed by atoms with Gasteiger partial charge in [0.15, 0.2) is 0 Å². The van der Waals surface area contributed by atoms with E-state index in [4.69, 9.17) is 11.9 Å². The van der Waals surface area contributed by atoms with Crippen molar-refractivity contribution in [3.8, 4) is 0 Å². The molecule has 0 atom stereocenters. The molecule has 0 aliphatic heterocycles. The van der Waals surface area contributed by atoms with Gasteiger partial charge in [-0.2, -0.15) is 0 Å². The molecule has 0 spiro atoms. The molecule has 0 aromatic heterocycles. The third kappa shape index (κ3) is 6.21. The molecule has 44 valence electrons. The molecule has 7 heavy (non-hydrogen) atoms. The molecule has 0 aliphatic rings. The van der Waals surface area contributed by atoms with Crippen LogP contribution >= 0.6 is 11.9 Å². The summed E-state index contributed by atoms with van der Waals surface area (Å²) in [7, 11) is 3.94. The summed E-state index contributed by atoms with van der Waals surface area (Å²) >= 11 is 4.92. The minimum atomic E-state index is 0.592. The van der Waals surface area contributed by atoms with E-state index in [-0.39, 0.29) is 0 Å². The Labute approximate surface area is 49.2 Å². The van der Waals surface area contributed by atoms with E-state index in [1.165, 1.54) is 0 Å². The first-order valence-electron chi connectivity index (χ1n) is 2.15. The Balaban J connectivity index is 2.68. The summed E-state index contributed by atoms with van der Waals surface area (Å²) in [6, 6.07) is 0. The Morgan fingerprint density at radius 2 is 2.14 bits per heavy atom. The van der Waals surface area contributed by atoms with Gasteiger partial charge in [0.2, 0.25) is 0 Å². The number of hydrogen-bond acceptors (Lipinski definition) is 2. The molecular weight excluding hydrogens is 114 g/mol. The van der Waals surface area contributed by atoms with Crippen molar-refractivity contribution in [2.24, 2.45) is 0 Å². The molecule has 0 aromatic rings. The van der Waals surface area contributed by atoms with Crippen LogP contribution in [0.25, 0.3) is 0 Å². The van der Waals surface area contributed by atoms with Crippen molar-refractivity contribution in [2.75, 3.05) is 27.2 Å². The van der Waals surface area contributed by atoms with Crippen LogP contribution in [0.2, 0.25) is 0 Å². The Bertz CT molecular complexity index is 40.7. The maximum atomic E-state index is 4.92. The van der Waals surface area contributed by atoms with E-state index >= 15 is 0 Å². The summed E-state index contributed by atoms with van der Waals surface area (Å²) in [5.74, 6) is 0. The molecule has 3 heteroatoms. The highest BCUT2D eigenvalue weighted by Gasteiger charge is 1.85. The van der Waals surface area contributed by atoms with Gasteiger partial charge in [-0.3, -0.25) is 4.29 Å². The van der Waals surface area contributed by atoms with Gasteiger partial charge < -0.3 is 4.90 Å². The molecule has 0 amide bonds. The van der Waals surface area contributed by atoms with Crippen molar-refractivity contribution in [3.63, 3.8) is 0 Å². The first-order valence-corrected chi connectivity index (χ1v) is 2.46. The second-order valence-electron chi connectivity index (χ2n) is 1.62. The van der Waals surface area contributed by atoms with Crippen LogP contribution in [0.15, 0.2) is 0 Å². The fraction of sp³-hybridized carbons (Fsp3) is 1.00. The van der Waals surface area contributed by atoms with Crippen molar-refractivity contribution >= 4 is 11.9 Å². The van der Waals surface area contributed by atoms with Gasteiger partial charge in [0.25, 0.3) is 0 Å². The van der Waals surface area contributed by atoms with Crippen LogP contribution in [0.4, 0.5) is 0 Å². The predicted molar refractivity (Wildman–Crippen MR) is 30.4 cm³/mol. The van der Waals surface area contributed by atoms with Crippen molar-refractivity contribution in [3.05, 3.63) is 0 Å². The van der Waals surface area contributed by atoms with Gasteiger partial charge in [0, 0.05) is 6.54 Å². The standard InChI is InChI=1S/C4H10ClNO/c1-6(2)3-4-7-5/h3-4H2,1-2H3. The van der Waals surface area contributed by atoms with Gasteiger partial charge in [0.05, 0.1) is 18.5 Å². The van der Waals surface area contributed by atoms with Gasteiger partial charge in [-0.1, -0.05) is 0 Å². The summed E-state index contributed by atoms with van der Waals surface area (Å²) in [5.41, 5.74) is 0. The van der Waals surface area contributed by atoms with Crippen LogP contribution in [-0.4, -0.2) is 32.1 Å². The summed E-state index contributed by atoms with van der Waals surface area (Å²) < 4.78 is 4.28. The van der Waals surface area contributed by atoms with E-state index in [2.05, 4.69) is 4.29 Å². The smallest absolute Gasteiger partial charge is 0.0809 e. The van der Waals surface area contributed by atoms with Crippen LogP contribution < -0.4 is 0 Å². The number of halogens is 1. The fourth-order valence-corrected chi connectivity index (χ4v) is 0.286. The molecule has 0 fully saturated rings. The van der Waals surface area contributed by atoms with Crippen molar-refractivity contribution in [1.29, 1.82) is 0 Å². The lowest BCUT2D eigenvalue weighted by Crippen LogP contribution is -2.16. The van der Waals surface area contributed by atoms with Crippen LogP contribution in [0.5, 0.6) is 0 Å². The number of nitrogens with zero attached hydrogens (tertiary/aromatic N) is 1. The van der Waals surface area contributed by atoms with Crippen LogP contribution in [0.1, 0.15) is 0 Å². The Hall–Kier alpha value is 0.210. The van der Waals surface area contributed by atoms with E-state index in [9.17, 15) is 0 Å². The molecule has 0 bridgehead atoms. The molecule has 0 unspecified atom stereocenters. The molecular formula is C4H10ClNO. The first kappa shape index (κ1) is 7.21. The fourth-order valence-electron chi connectivity index (χ4n) is 0.217. The lowest BCUT2D eigenvalue weighted by molar-refractivity contribution is 0.280. The zero-order valence-electron chi connectivity index (χ0n) is 4.65. The normalized spacial score (nSPS) is 10.3. The topological polar surface area (TPSA) is 12.5 Å². The van der Waals surface area contributed by atoms with E-state index in [0.717, 1.165) is 6.54 Å². The van der Waals surface area contributed by atoms with Gasteiger partial charge >= 0.3 is 0 Å². The minimum absolute atomic E-state index is 0.592. The maximum Gasteiger partial charge on any atom is 0.0809 e. The molecule has 0 rings (SSSR count). The summed E-state index contributed by atoms with van der Waals surface area (Å²) in [6.45, 7) is 1.47. The highest BCUT2D eigenvalue weighted by molar-refractivity contribution is 6.07. The quantitative estimate of drug-likeness (QED) is 0.548. The van der Waals surface area contributed by atoms with Crippen LogP contribution in [-0.2, 0) is 4.29 Å². The molecule has 0 heterocycles. The summed E-state index contributed by atoms with van der Waals surface area (Å²) in [5, 5.41) is 0. The average molecular weight is 124 g/mol. The number of hydrogen-bond donors (Lipinski definition) is 0. The first-order chi connectivity index (χ1) is 3.27. The van der Waals surface area contributed by atoms with E-state index < -0.39 is 0 Å².